The highest BCUT2D eigenvalue weighted by molar-refractivity contribution is 5.47. The van der Waals surface area contributed by atoms with Crippen molar-refractivity contribution in [2.45, 2.75) is 18.9 Å². The first-order chi connectivity index (χ1) is 7.35. The number of rotatable bonds is 4. The van der Waals surface area contributed by atoms with Gasteiger partial charge in [0.2, 0.25) is 0 Å². The van der Waals surface area contributed by atoms with Crippen molar-refractivity contribution in [1.82, 2.24) is 4.98 Å². The van der Waals surface area contributed by atoms with Crippen LogP contribution in [0.1, 0.15) is 18.4 Å². The molecule has 3 heteroatoms. The van der Waals surface area contributed by atoms with Crippen LogP contribution in [0.5, 0.6) is 0 Å². The first-order valence-electron chi connectivity index (χ1n) is 5.09. The Morgan fingerprint density at radius 2 is 2.47 bits per heavy atom. The number of anilines is 1. The summed E-state index contributed by atoms with van der Waals surface area (Å²) in [5.74, 6) is 0.886. The first-order valence-corrected chi connectivity index (χ1v) is 5.09. The topological polar surface area (TPSA) is 39.9 Å². The van der Waals surface area contributed by atoms with E-state index in [-0.39, 0.29) is 0 Å². The van der Waals surface area contributed by atoms with Crippen molar-refractivity contribution in [2.75, 3.05) is 11.4 Å². The molecule has 1 aromatic heterocycles. The monoisotopic (exact) mass is 199 g/mol. The maximum Gasteiger partial charge on any atom is 0.130 e. The maximum absolute atomic E-state index is 8.81. The van der Waals surface area contributed by atoms with Crippen LogP contribution in [0.15, 0.2) is 31.0 Å². The molecular formula is C12H13N3. The highest BCUT2D eigenvalue weighted by atomic mass is 15.2. The van der Waals surface area contributed by atoms with Crippen LogP contribution in [0.25, 0.3) is 0 Å². The summed E-state index contributed by atoms with van der Waals surface area (Å²) < 4.78 is 0. The summed E-state index contributed by atoms with van der Waals surface area (Å²) in [5, 5.41) is 8.81. The molecule has 76 valence electrons. The Hall–Kier alpha value is -1.82. The van der Waals surface area contributed by atoms with Gasteiger partial charge in [-0.05, 0) is 25.0 Å². The lowest BCUT2D eigenvalue weighted by Crippen LogP contribution is -2.26. The van der Waals surface area contributed by atoms with Crippen molar-refractivity contribution >= 4 is 5.82 Å². The molecule has 2 rings (SSSR count). The van der Waals surface area contributed by atoms with Gasteiger partial charge in [0, 0.05) is 18.8 Å². The zero-order valence-corrected chi connectivity index (χ0v) is 8.56. The second-order valence-corrected chi connectivity index (χ2v) is 3.69. The molecule has 1 fully saturated rings. The second kappa shape index (κ2) is 4.14. The van der Waals surface area contributed by atoms with E-state index < -0.39 is 0 Å². The van der Waals surface area contributed by atoms with Gasteiger partial charge in [-0.25, -0.2) is 4.98 Å². The average molecular weight is 199 g/mol. The largest absolute Gasteiger partial charge is 0.350 e. The minimum absolute atomic E-state index is 0.587. The standard InChI is InChI=1S/C12H13N3/c1-2-7-15(11-3-4-11)12-8-10(9-13)5-6-14-12/h2,5-6,8,11H,1,3-4,7H2. The van der Waals surface area contributed by atoms with Crippen molar-refractivity contribution in [3.05, 3.63) is 36.5 Å². The van der Waals surface area contributed by atoms with E-state index in [4.69, 9.17) is 5.26 Å². The number of hydrogen-bond acceptors (Lipinski definition) is 3. The van der Waals surface area contributed by atoms with E-state index in [0.717, 1.165) is 12.4 Å². The summed E-state index contributed by atoms with van der Waals surface area (Å²) in [7, 11) is 0. The Bertz CT molecular complexity index is 402. The number of nitriles is 1. The minimum atomic E-state index is 0.587. The van der Waals surface area contributed by atoms with E-state index in [1.165, 1.54) is 12.8 Å². The molecule has 1 heterocycles. The number of nitrogens with zero attached hydrogens (tertiary/aromatic N) is 3. The summed E-state index contributed by atoms with van der Waals surface area (Å²) in [4.78, 5) is 6.50. The number of aromatic nitrogens is 1. The van der Waals surface area contributed by atoms with Crippen LogP contribution in [0.2, 0.25) is 0 Å². The molecule has 3 nitrogen and oxygen atoms in total. The number of hydrogen-bond donors (Lipinski definition) is 0. The highest BCUT2D eigenvalue weighted by Gasteiger charge is 2.29. The maximum atomic E-state index is 8.81. The van der Waals surface area contributed by atoms with Gasteiger partial charge in [0.05, 0.1) is 11.6 Å². The minimum Gasteiger partial charge on any atom is -0.350 e. The van der Waals surface area contributed by atoms with E-state index in [9.17, 15) is 0 Å². The zero-order valence-electron chi connectivity index (χ0n) is 8.56. The normalized spacial score (nSPS) is 14.3. The van der Waals surface area contributed by atoms with Crippen molar-refractivity contribution in [3.8, 4) is 6.07 Å². The van der Waals surface area contributed by atoms with Crippen molar-refractivity contribution < 1.29 is 0 Å². The van der Waals surface area contributed by atoms with Crippen molar-refractivity contribution in [3.63, 3.8) is 0 Å². The Labute approximate surface area is 89.7 Å². The SMILES string of the molecule is C=CCN(c1cc(C#N)ccn1)C1CC1. The van der Waals surface area contributed by atoms with E-state index in [1.807, 2.05) is 12.1 Å². The molecule has 0 unspecified atom stereocenters. The van der Waals surface area contributed by atoms with Crippen LogP contribution in [0.3, 0.4) is 0 Å². The average Bonchev–Trinajstić information content (AvgIpc) is 3.10. The van der Waals surface area contributed by atoms with Crippen molar-refractivity contribution in [2.24, 2.45) is 0 Å². The predicted molar refractivity (Wildman–Crippen MR) is 59.5 cm³/mol. The lowest BCUT2D eigenvalue weighted by molar-refractivity contribution is 0.841. The van der Waals surface area contributed by atoms with Crippen LogP contribution in [0.4, 0.5) is 5.82 Å². The molecule has 0 bridgehead atoms. The molecule has 0 radical (unpaired) electrons. The Kier molecular flexibility index (Phi) is 2.68. The molecule has 0 atom stereocenters. The van der Waals surface area contributed by atoms with Gasteiger partial charge in [-0.15, -0.1) is 6.58 Å². The van der Waals surface area contributed by atoms with Gasteiger partial charge in [-0.1, -0.05) is 6.08 Å². The molecule has 1 aliphatic rings. The molecule has 0 aromatic carbocycles. The van der Waals surface area contributed by atoms with Gasteiger partial charge in [-0.3, -0.25) is 0 Å². The lowest BCUT2D eigenvalue weighted by atomic mass is 10.2. The van der Waals surface area contributed by atoms with E-state index in [0.29, 0.717) is 11.6 Å². The van der Waals surface area contributed by atoms with Gasteiger partial charge >= 0.3 is 0 Å². The molecule has 1 saturated carbocycles. The molecular weight excluding hydrogens is 186 g/mol. The third kappa shape index (κ3) is 2.16. The molecule has 1 aliphatic carbocycles. The highest BCUT2D eigenvalue weighted by Crippen LogP contribution is 2.30. The number of pyridine rings is 1. The predicted octanol–water partition coefficient (Wildman–Crippen LogP) is 2.11. The summed E-state index contributed by atoms with van der Waals surface area (Å²) in [5.41, 5.74) is 0.662. The third-order valence-corrected chi connectivity index (χ3v) is 2.48. The van der Waals surface area contributed by atoms with Gasteiger partial charge in [0.25, 0.3) is 0 Å². The van der Waals surface area contributed by atoms with E-state index in [1.54, 1.807) is 12.3 Å². The van der Waals surface area contributed by atoms with E-state index in [2.05, 4.69) is 22.5 Å². The molecule has 0 saturated heterocycles. The van der Waals surface area contributed by atoms with Gasteiger partial charge in [0.1, 0.15) is 5.82 Å². The first kappa shape index (κ1) is 9.72. The molecule has 0 spiro atoms. The molecule has 0 aliphatic heterocycles. The lowest BCUT2D eigenvalue weighted by Gasteiger charge is -2.21. The molecule has 1 aromatic rings. The Morgan fingerprint density at radius 3 is 3.07 bits per heavy atom. The zero-order chi connectivity index (χ0) is 10.7. The third-order valence-electron chi connectivity index (χ3n) is 2.48. The second-order valence-electron chi connectivity index (χ2n) is 3.69. The Balaban J connectivity index is 2.24. The van der Waals surface area contributed by atoms with Crippen LogP contribution >= 0.6 is 0 Å². The van der Waals surface area contributed by atoms with Crippen LogP contribution in [-0.4, -0.2) is 17.6 Å². The van der Waals surface area contributed by atoms with Crippen LogP contribution in [0, 0.1) is 11.3 Å². The summed E-state index contributed by atoms with van der Waals surface area (Å²) in [6.07, 6.45) is 5.99. The van der Waals surface area contributed by atoms with Gasteiger partial charge < -0.3 is 4.90 Å². The fourth-order valence-electron chi connectivity index (χ4n) is 1.60. The summed E-state index contributed by atoms with van der Waals surface area (Å²) >= 11 is 0. The summed E-state index contributed by atoms with van der Waals surface area (Å²) in [6, 6.07) is 6.28. The summed E-state index contributed by atoms with van der Waals surface area (Å²) in [6.45, 7) is 4.54. The fourth-order valence-corrected chi connectivity index (χ4v) is 1.60. The smallest absolute Gasteiger partial charge is 0.130 e. The van der Waals surface area contributed by atoms with Gasteiger partial charge in [0.15, 0.2) is 0 Å². The van der Waals surface area contributed by atoms with E-state index >= 15 is 0 Å². The quantitative estimate of drug-likeness (QED) is 0.697. The molecule has 15 heavy (non-hydrogen) atoms. The fraction of sp³-hybridized carbons (Fsp3) is 0.333. The molecule has 0 N–H and O–H groups in total. The Morgan fingerprint density at radius 1 is 1.67 bits per heavy atom. The van der Waals surface area contributed by atoms with Crippen LogP contribution < -0.4 is 4.90 Å². The van der Waals surface area contributed by atoms with Gasteiger partial charge in [-0.2, -0.15) is 5.26 Å². The van der Waals surface area contributed by atoms with Crippen LogP contribution in [-0.2, 0) is 0 Å². The molecule has 0 amide bonds. The van der Waals surface area contributed by atoms with Crippen molar-refractivity contribution in [1.29, 1.82) is 5.26 Å².